The fourth-order valence-corrected chi connectivity index (χ4v) is 3.21. The Morgan fingerprint density at radius 3 is 2.70 bits per heavy atom. The number of amides is 1. The average molecular weight is 511 g/mol. The van der Waals surface area contributed by atoms with Crippen molar-refractivity contribution in [2.45, 2.75) is 10.0 Å². The first-order valence-electron chi connectivity index (χ1n) is 7.20. The molecule has 0 saturated carbocycles. The molecule has 0 heterocycles. The standard InChI is InChI=1S/C15H20NO6.Hg/c1-11(21-8-7-20-2)9-16-15(19)12-5-3-4-6-13(12)22-10-14(17)18;/h3-6,11H,1,7-10H2,2H3,(H,16,19)(H,17,18);. The summed E-state index contributed by atoms with van der Waals surface area (Å²) in [6, 6.07) is 6.55. The Kier molecular flexibility index (Phi) is 9.81. The van der Waals surface area contributed by atoms with Crippen LogP contribution in [0.2, 0.25) is 3.93 Å². The van der Waals surface area contributed by atoms with Crippen LogP contribution < -0.4 is 10.1 Å². The number of hydrogen-bond donors (Lipinski definition) is 2. The van der Waals surface area contributed by atoms with Crippen LogP contribution in [0.4, 0.5) is 0 Å². The van der Waals surface area contributed by atoms with Crippen molar-refractivity contribution >= 4 is 11.9 Å². The first-order chi connectivity index (χ1) is 11.1. The van der Waals surface area contributed by atoms with E-state index in [0.717, 1.165) is 3.93 Å². The quantitative estimate of drug-likeness (QED) is 0.339. The van der Waals surface area contributed by atoms with Crippen molar-refractivity contribution in [2.75, 3.05) is 33.5 Å². The number of methoxy groups -OCH3 is 1. The first-order valence-corrected chi connectivity index (χ1v) is 11.1. The van der Waals surface area contributed by atoms with E-state index in [0.29, 0.717) is 51.4 Å². The first kappa shape index (κ1) is 19.9. The minimum absolute atomic E-state index is 0.0236. The van der Waals surface area contributed by atoms with Crippen molar-refractivity contribution in [1.82, 2.24) is 5.32 Å². The number of ether oxygens (including phenoxy) is 3. The fraction of sp³-hybridized carbons (Fsp3) is 0.467. The van der Waals surface area contributed by atoms with Crippen LogP contribution in [0.25, 0.3) is 0 Å². The molecule has 23 heavy (non-hydrogen) atoms. The molecule has 123 valence electrons. The van der Waals surface area contributed by atoms with Crippen LogP contribution in [0.5, 0.6) is 5.75 Å². The Morgan fingerprint density at radius 2 is 2.04 bits per heavy atom. The fourth-order valence-electron chi connectivity index (χ4n) is 1.76. The van der Waals surface area contributed by atoms with E-state index in [1.54, 1.807) is 31.4 Å². The number of hydrogen-bond acceptors (Lipinski definition) is 5. The van der Waals surface area contributed by atoms with Crippen LogP contribution in [0, 0.1) is 0 Å². The summed E-state index contributed by atoms with van der Waals surface area (Å²) >= 11 is 0.559. The van der Waals surface area contributed by atoms with Gasteiger partial charge in [-0.2, -0.15) is 0 Å². The molecule has 0 spiro atoms. The number of nitrogens with one attached hydrogen (secondary N) is 1. The molecule has 0 bridgehead atoms. The Hall–Kier alpha value is -1.18. The van der Waals surface area contributed by atoms with Gasteiger partial charge in [0.2, 0.25) is 0 Å². The molecule has 1 aromatic carbocycles. The molecule has 0 saturated heterocycles. The molecule has 0 aromatic heterocycles. The molecule has 1 aromatic rings. The monoisotopic (exact) mass is 512 g/mol. The van der Waals surface area contributed by atoms with Gasteiger partial charge in [0, 0.05) is 0 Å². The number of carbonyl (C=O) groups excluding carboxylic acids is 1. The summed E-state index contributed by atoms with van der Waals surface area (Å²) in [6.45, 7) is 0.922. The molecule has 1 atom stereocenters. The maximum absolute atomic E-state index is 12.3. The van der Waals surface area contributed by atoms with Gasteiger partial charge >= 0.3 is 151 Å². The van der Waals surface area contributed by atoms with Crippen LogP contribution in [-0.4, -0.2) is 56.6 Å². The molecule has 0 aliphatic carbocycles. The van der Waals surface area contributed by atoms with E-state index in [1.165, 1.54) is 0 Å². The van der Waals surface area contributed by atoms with Gasteiger partial charge in [0.1, 0.15) is 0 Å². The average Bonchev–Trinajstić information content (AvgIpc) is 2.56. The number of rotatable bonds is 11. The van der Waals surface area contributed by atoms with Gasteiger partial charge in [-0.05, 0) is 0 Å². The molecule has 1 amide bonds. The van der Waals surface area contributed by atoms with Crippen molar-refractivity contribution in [3.63, 3.8) is 0 Å². The normalized spacial score (nSPS) is 11.8. The molecule has 7 nitrogen and oxygen atoms in total. The summed E-state index contributed by atoms with van der Waals surface area (Å²) in [7, 11) is 1.61. The summed E-state index contributed by atoms with van der Waals surface area (Å²) < 4.78 is 16.6. The zero-order chi connectivity index (χ0) is 17.1. The molecule has 2 N–H and O–H groups in total. The number of carboxylic acid groups (broad SMARTS) is 1. The molecule has 0 aliphatic heterocycles. The number of carboxylic acids is 1. The SMILES string of the molecule is COCCOC([CH2][Hg])CNC(=O)c1ccccc1OCC(=O)O. The summed E-state index contributed by atoms with van der Waals surface area (Å²) in [5.74, 6) is -1.16. The van der Waals surface area contributed by atoms with E-state index in [4.69, 9.17) is 19.3 Å². The molecule has 8 heteroatoms. The zero-order valence-electron chi connectivity index (χ0n) is 13.1. The number of aliphatic carboxylic acids is 1. The molecule has 0 radical (unpaired) electrons. The van der Waals surface area contributed by atoms with Crippen LogP contribution in [0.15, 0.2) is 24.3 Å². The Morgan fingerprint density at radius 1 is 1.30 bits per heavy atom. The van der Waals surface area contributed by atoms with Gasteiger partial charge in [0.05, 0.1) is 0 Å². The van der Waals surface area contributed by atoms with Crippen LogP contribution in [0.3, 0.4) is 0 Å². The minimum atomic E-state index is -1.09. The van der Waals surface area contributed by atoms with Crippen molar-refractivity contribution in [1.29, 1.82) is 0 Å². The Balaban J connectivity index is 2.58. The van der Waals surface area contributed by atoms with Crippen molar-refractivity contribution in [3.05, 3.63) is 29.8 Å². The Labute approximate surface area is 151 Å². The molecule has 0 fully saturated rings. The van der Waals surface area contributed by atoms with E-state index in [9.17, 15) is 9.59 Å². The van der Waals surface area contributed by atoms with Gasteiger partial charge in [-0.25, -0.2) is 0 Å². The summed E-state index contributed by atoms with van der Waals surface area (Å²) in [4.78, 5) is 22.8. The second-order valence-corrected chi connectivity index (χ2v) is 6.91. The van der Waals surface area contributed by atoms with Gasteiger partial charge in [-0.3, -0.25) is 0 Å². The molecule has 1 unspecified atom stereocenters. The second kappa shape index (κ2) is 11.4. The van der Waals surface area contributed by atoms with Gasteiger partial charge in [-0.1, -0.05) is 0 Å². The molecular weight excluding hydrogens is 491 g/mol. The number of benzene rings is 1. The third kappa shape index (κ3) is 7.76. The predicted octanol–water partition coefficient (Wildman–Crippen LogP) is 0.876. The van der Waals surface area contributed by atoms with Crippen molar-refractivity contribution < 1.29 is 55.0 Å². The van der Waals surface area contributed by atoms with E-state index < -0.39 is 12.6 Å². The summed E-state index contributed by atoms with van der Waals surface area (Å²) in [5.41, 5.74) is 0.308. The zero-order valence-corrected chi connectivity index (χ0v) is 18.6. The van der Waals surface area contributed by atoms with Crippen molar-refractivity contribution in [2.24, 2.45) is 0 Å². The predicted molar refractivity (Wildman–Crippen MR) is 78.3 cm³/mol. The molecule has 0 aliphatic rings. The third-order valence-corrected chi connectivity index (χ3v) is 5.44. The van der Waals surface area contributed by atoms with Gasteiger partial charge in [0.25, 0.3) is 0 Å². The number of para-hydroxylation sites is 1. The van der Waals surface area contributed by atoms with Gasteiger partial charge in [-0.15, -0.1) is 0 Å². The second-order valence-electron chi connectivity index (χ2n) is 4.66. The van der Waals surface area contributed by atoms with E-state index in [2.05, 4.69) is 5.32 Å². The topological polar surface area (TPSA) is 94.1 Å². The summed E-state index contributed by atoms with van der Waals surface area (Å²) in [5, 5.41) is 11.5. The number of carbonyl (C=O) groups is 2. The third-order valence-electron chi connectivity index (χ3n) is 2.94. The van der Waals surface area contributed by atoms with Gasteiger partial charge in [0.15, 0.2) is 0 Å². The van der Waals surface area contributed by atoms with Crippen molar-refractivity contribution in [3.8, 4) is 5.75 Å². The van der Waals surface area contributed by atoms with E-state index in [-0.39, 0.29) is 17.8 Å². The molecular formula is C15H20HgNO6. The van der Waals surface area contributed by atoms with E-state index in [1.807, 2.05) is 0 Å². The van der Waals surface area contributed by atoms with E-state index >= 15 is 0 Å². The van der Waals surface area contributed by atoms with Crippen LogP contribution in [0.1, 0.15) is 10.4 Å². The summed E-state index contributed by atoms with van der Waals surface area (Å²) in [6.07, 6.45) is -0.0236. The van der Waals surface area contributed by atoms with Crippen LogP contribution >= 0.6 is 0 Å². The Bertz CT molecular complexity index is 510. The molecule has 1 rings (SSSR count). The van der Waals surface area contributed by atoms with Crippen LogP contribution in [-0.2, 0) is 40.4 Å². The maximum atomic E-state index is 12.3. The van der Waals surface area contributed by atoms with Gasteiger partial charge < -0.3 is 0 Å².